The van der Waals surface area contributed by atoms with Gasteiger partial charge in [-0.05, 0) is 43.6 Å². The second-order valence-electron chi connectivity index (χ2n) is 6.51. The van der Waals surface area contributed by atoms with Crippen molar-refractivity contribution in [2.45, 2.75) is 78.7 Å². The lowest BCUT2D eigenvalue weighted by Crippen LogP contribution is -2.47. The highest BCUT2D eigenvalue weighted by Gasteiger charge is 2.43. The molecule has 0 aromatic rings. The van der Waals surface area contributed by atoms with E-state index in [1.54, 1.807) is 0 Å². The molecular formula is C16H33N. The van der Waals surface area contributed by atoms with Gasteiger partial charge in [0, 0.05) is 6.04 Å². The summed E-state index contributed by atoms with van der Waals surface area (Å²) in [6.07, 6.45) is 9.86. The second kappa shape index (κ2) is 6.78. The van der Waals surface area contributed by atoms with Crippen LogP contribution in [-0.4, -0.2) is 13.1 Å². The fourth-order valence-corrected chi connectivity index (χ4v) is 4.34. The van der Waals surface area contributed by atoms with Crippen molar-refractivity contribution in [3.05, 3.63) is 0 Å². The largest absolute Gasteiger partial charge is 0.316 e. The van der Waals surface area contributed by atoms with Gasteiger partial charge in [0.2, 0.25) is 0 Å². The molecule has 0 bridgehead atoms. The summed E-state index contributed by atoms with van der Waals surface area (Å²) in [4.78, 5) is 0. The Kier molecular flexibility index (Phi) is 5.99. The van der Waals surface area contributed by atoms with E-state index < -0.39 is 0 Å². The zero-order valence-electron chi connectivity index (χ0n) is 12.7. The first kappa shape index (κ1) is 15.0. The summed E-state index contributed by atoms with van der Waals surface area (Å²) in [6.45, 7) is 9.49. The van der Waals surface area contributed by atoms with Crippen molar-refractivity contribution in [2.75, 3.05) is 7.05 Å². The third-order valence-corrected chi connectivity index (χ3v) is 4.91. The van der Waals surface area contributed by atoms with Gasteiger partial charge in [-0.2, -0.15) is 0 Å². The number of nitrogens with one attached hydrogen (secondary N) is 1. The lowest BCUT2D eigenvalue weighted by molar-refractivity contribution is 0.111. The average Bonchev–Trinajstić information content (AvgIpc) is 2.73. The van der Waals surface area contributed by atoms with Crippen molar-refractivity contribution in [2.24, 2.45) is 17.3 Å². The van der Waals surface area contributed by atoms with Crippen molar-refractivity contribution >= 4 is 0 Å². The maximum Gasteiger partial charge on any atom is 0.0149 e. The topological polar surface area (TPSA) is 12.0 Å². The maximum absolute atomic E-state index is 3.69. The monoisotopic (exact) mass is 239 g/mol. The van der Waals surface area contributed by atoms with Crippen LogP contribution < -0.4 is 5.32 Å². The zero-order chi connectivity index (χ0) is 12.9. The highest BCUT2D eigenvalue weighted by atomic mass is 14.9. The Bertz CT molecular complexity index is 200. The van der Waals surface area contributed by atoms with Gasteiger partial charge < -0.3 is 5.32 Å². The van der Waals surface area contributed by atoms with E-state index >= 15 is 0 Å². The van der Waals surface area contributed by atoms with Crippen LogP contribution in [0.5, 0.6) is 0 Å². The Morgan fingerprint density at radius 1 is 1.06 bits per heavy atom. The van der Waals surface area contributed by atoms with Crippen LogP contribution >= 0.6 is 0 Å². The predicted octanol–water partition coefficient (Wildman–Crippen LogP) is 4.62. The fraction of sp³-hybridized carbons (Fsp3) is 1.00. The molecule has 0 aromatic carbocycles. The van der Waals surface area contributed by atoms with E-state index in [0.717, 1.165) is 17.9 Å². The van der Waals surface area contributed by atoms with Gasteiger partial charge >= 0.3 is 0 Å². The van der Waals surface area contributed by atoms with E-state index in [-0.39, 0.29) is 0 Å². The van der Waals surface area contributed by atoms with Crippen LogP contribution in [0.3, 0.4) is 0 Å². The third kappa shape index (κ3) is 3.47. The predicted molar refractivity (Wildman–Crippen MR) is 77.3 cm³/mol. The first-order chi connectivity index (χ1) is 8.09. The van der Waals surface area contributed by atoms with Crippen LogP contribution in [0.4, 0.5) is 0 Å². The summed E-state index contributed by atoms with van der Waals surface area (Å²) >= 11 is 0. The van der Waals surface area contributed by atoms with Gasteiger partial charge in [0.1, 0.15) is 0 Å². The normalized spacial score (nSPS) is 21.4. The highest BCUT2D eigenvalue weighted by molar-refractivity contribution is 4.97. The van der Waals surface area contributed by atoms with Crippen molar-refractivity contribution in [1.82, 2.24) is 5.32 Å². The van der Waals surface area contributed by atoms with Gasteiger partial charge in [-0.1, -0.05) is 53.4 Å². The summed E-state index contributed by atoms with van der Waals surface area (Å²) in [5, 5.41) is 3.69. The Labute approximate surface area is 109 Å². The first-order valence-corrected chi connectivity index (χ1v) is 7.77. The molecule has 0 aliphatic heterocycles. The quantitative estimate of drug-likeness (QED) is 0.683. The van der Waals surface area contributed by atoms with E-state index in [4.69, 9.17) is 0 Å². The molecule has 1 nitrogen and oxygen atoms in total. The minimum Gasteiger partial charge on any atom is -0.316 e. The average molecular weight is 239 g/mol. The minimum absolute atomic E-state index is 0.597. The van der Waals surface area contributed by atoms with E-state index in [9.17, 15) is 0 Å². The summed E-state index contributed by atoms with van der Waals surface area (Å²) in [7, 11) is 2.18. The molecule has 0 aromatic heterocycles. The molecule has 1 aliphatic rings. The van der Waals surface area contributed by atoms with Crippen molar-refractivity contribution in [1.29, 1.82) is 0 Å². The van der Waals surface area contributed by atoms with Gasteiger partial charge in [-0.3, -0.25) is 0 Å². The van der Waals surface area contributed by atoms with Gasteiger partial charge in [0.25, 0.3) is 0 Å². The molecule has 1 N–H and O–H groups in total. The van der Waals surface area contributed by atoms with Gasteiger partial charge in [0.15, 0.2) is 0 Å². The molecule has 0 radical (unpaired) electrons. The molecule has 0 heterocycles. The molecule has 1 rings (SSSR count). The minimum atomic E-state index is 0.597. The molecular weight excluding hydrogens is 206 g/mol. The van der Waals surface area contributed by atoms with E-state index in [2.05, 4.69) is 40.1 Å². The highest BCUT2D eigenvalue weighted by Crippen LogP contribution is 2.48. The Hall–Kier alpha value is -0.0400. The first-order valence-electron chi connectivity index (χ1n) is 7.77. The number of rotatable bonds is 7. The molecule has 1 saturated carbocycles. The fourth-order valence-electron chi connectivity index (χ4n) is 4.34. The van der Waals surface area contributed by atoms with Crippen LogP contribution in [0.15, 0.2) is 0 Å². The number of hydrogen-bond donors (Lipinski definition) is 1. The van der Waals surface area contributed by atoms with Crippen molar-refractivity contribution in [3.63, 3.8) is 0 Å². The second-order valence-corrected chi connectivity index (χ2v) is 6.51. The van der Waals surface area contributed by atoms with Crippen LogP contribution in [0, 0.1) is 17.3 Å². The Morgan fingerprint density at radius 2 is 1.59 bits per heavy atom. The number of hydrogen-bond acceptors (Lipinski definition) is 1. The van der Waals surface area contributed by atoms with E-state index in [1.165, 1.54) is 44.9 Å². The molecule has 0 saturated heterocycles. The standard InChI is InChI=1S/C16H33N/c1-6-14(7-2)15(17-5)16(12-13(3)4)10-8-9-11-16/h13-15,17H,6-12H2,1-5H3. The van der Waals surface area contributed by atoms with Crippen molar-refractivity contribution < 1.29 is 0 Å². The summed E-state index contributed by atoms with van der Waals surface area (Å²) < 4.78 is 0. The van der Waals surface area contributed by atoms with E-state index in [1.807, 2.05) is 0 Å². The summed E-state index contributed by atoms with van der Waals surface area (Å²) in [5.74, 6) is 1.69. The Morgan fingerprint density at radius 3 is 1.94 bits per heavy atom. The summed E-state index contributed by atoms with van der Waals surface area (Å²) in [6, 6.07) is 0.738. The molecule has 1 atom stereocenters. The molecule has 0 amide bonds. The molecule has 0 spiro atoms. The van der Waals surface area contributed by atoms with Gasteiger partial charge in [0.05, 0.1) is 0 Å². The lowest BCUT2D eigenvalue weighted by atomic mass is 9.67. The maximum atomic E-state index is 3.69. The molecule has 1 unspecified atom stereocenters. The Balaban J connectivity index is 2.85. The van der Waals surface area contributed by atoms with Crippen LogP contribution in [0.2, 0.25) is 0 Å². The SMILES string of the molecule is CCC(CC)C(NC)C1(CC(C)C)CCCC1. The van der Waals surface area contributed by atoms with Crippen LogP contribution in [0.25, 0.3) is 0 Å². The smallest absolute Gasteiger partial charge is 0.0149 e. The zero-order valence-corrected chi connectivity index (χ0v) is 12.7. The molecule has 1 aliphatic carbocycles. The molecule has 1 fully saturated rings. The van der Waals surface area contributed by atoms with E-state index in [0.29, 0.717) is 5.41 Å². The molecule has 17 heavy (non-hydrogen) atoms. The van der Waals surface area contributed by atoms with Crippen LogP contribution in [-0.2, 0) is 0 Å². The lowest BCUT2D eigenvalue weighted by Gasteiger charge is -2.43. The van der Waals surface area contributed by atoms with Crippen LogP contribution in [0.1, 0.15) is 72.6 Å². The van der Waals surface area contributed by atoms with Gasteiger partial charge in [-0.25, -0.2) is 0 Å². The molecule has 102 valence electrons. The summed E-state index contributed by atoms with van der Waals surface area (Å²) in [5.41, 5.74) is 0.597. The molecule has 1 heteroatoms. The van der Waals surface area contributed by atoms with Gasteiger partial charge in [-0.15, -0.1) is 0 Å². The third-order valence-electron chi connectivity index (χ3n) is 4.91. The van der Waals surface area contributed by atoms with Crippen molar-refractivity contribution in [3.8, 4) is 0 Å².